The molecular weight excluding hydrogens is 352 g/mol. The van der Waals surface area contributed by atoms with Crippen molar-refractivity contribution < 1.29 is 13.2 Å². The average Bonchev–Trinajstić information content (AvgIpc) is 2.31. The molecule has 106 valence electrons. The van der Waals surface area contributed by atoms with Crippen LogP contribution in [0.2, 0.25) is 0 Å². The van der Waals surface area contributed by atoms with Gasteiger partial charge in [-0.25, -0.2) is 8.42 Å². The van der Waals surface area contributed by atoms with Crippen LogP contribution in [0.3, 0.4) is 0 Å². The van der Waals surface area contributed by atoms with Crippen LogP contribution in [0, 0.1) is 0 Å². The van der Waals surface area contributed by atoms with Gasteiger partial charge >= 0.3 is 0 Å². The molecule has 0 radical (unpaired) electrons. The molecule has 1 unspecified atom stereocenters. The molecule has 0 aliphatic heterocycles. The lowest BCUT2D eigenvalue weighted by Gasteiger charge is -2.17. The van der Waals surface area contributed by atoms with Crippen molar-refractivity contribution in [2.75, 3.05) is 11.8 Å². The number of halogens is 1. The fourth-order valence-electron chi connectivity index (χ4n) is 1.51. The first-order valence-corrected chi connectivity index (χ1v) is 8.21. The van der Waals surface area contributed by atoms with Crippen LogP contribution in [-0.2, 0) is 10.0 Å². The van der Waals surface area contributed by atoms with Crippen molar-refractivity contribution in [3.63, 3.8) is 0 Å². The molecule has 8 heteroatoms. The van der Waals surface area contributed by atoms with Crippen molar-refractivity contribution in [3.8, 4) is 5.75 Å². The molecule has 1 aromatic carbocycles. The number of hydrogen-bond donors (Lipinski definition) is 2. The van der Waals surface area contributed by atoms with E-state index in [1.54, 1.807) is 25.1 Å². The van der Waals surface area contributed by atoms with Gasteiger partial charge in [-0.05, 0) is 34.5 Å². The molecule has 1 rings (SSSR count). The van der Waals surface area contributed by atoms with Gasteiger partial charge in [0.05, 0.1) is 17.8 Å². The van der Waals surface area contributed by atoms with Crippen molar-refractivity contribution in [2.45, 2.75) is 18.6 Å². The fourth-order valence-corrected chi connectivity index (χ4v) is 3.89. The van der Waals surface area contributed by atoms with Gasteiger partial charge in [-0.3, -0.25) is 4.72 Å². The molecule has 5 nitrogen and oxygen atoms in total. The quantitative estimate of drug-likeness (QED) is 0.754. The highest BCUT2D eigenvalue weighted by Crippen LogP contribution is 2.28. The maximum Gasteiger partial charge on any atom is 0.242 e. The minimum atomic E-state index is -3.67. The van der Waals surface area contributed by atoms with Crippen LogP contribution in [0.1, 0.15) is 13.3 Å². The zero-order chi connectivity index (χ0) is 14.6. The van der Waals surface area contributed by atoms with E-state index in [1.165, 1.54) is 7.11 Å². The van der Waals surface area contributed by atoms with Crippen molar-refractivity contribution in [3.05, 3.63) is 22.7 Å². The monoisotopic (exact) mass is 366 g/mol. The summed E-state index contributed by atoms with van der Waals surface area (Å²) in [5.41, 5.74) is 5.84. The van der Waals surface area contributed by atoms with E-state index in [-0.39, 0.29) is 4.99 Å². The molecule has 1 aromatic rings. The van der Waals surface area contributed by atoms with Crippen molar-refractivity contribution in [1.29, 1.82) is 0 Å². The summed E-state index contributed by atoms with van der Waals surface area (Å²) >= 11 is 8.06. The van der Waals surface area contributed by atoms with Gasteiger partial charge in [0.2, 0.25) is 10.0 Å². The zero-order valence-electron chi connectivity index (χ0n) is 10.5. The van der Waals surface area contributed by atoms with Gasteiger partial charge < -0.3 is 10.5 Å². The highest BCUT2D eigenvalue weighted by Gasteiger charge is 2.27. The van der Waals surface area contributed by atoms with Gasteiger partial charge in [-0.2, -0.15) is 0 Å². The van der Waals surface area contributed by atoms with Crippen molar-refractivity contribution >= 4 is 48.8 Å². The second-order valence-corrected chi connectivity index (χ2v) is 6.98. The Bertz CT molecular complexity index is 575. The van der Waals surface area contributed by atoms with Crippen LogP contribution in [0.25, 0.3) is 0 Å². The van der Waals surface area contributed by atoms with Gasteiger partial charge in [0.25, 0.3) is 0 Å². The molecule has 0 spiro atoms. The number of thiocarbonyl (C=S) groups is 1. The summed E-state index contributed by atoms with van der Waals surface area (Å²) in [5, 5.41) is -0.902. The Balaban J connectivity index is 3.10. The Hall–Kier alpha value is -0.860. The first kappa shape index (κ1) is 16.2. The van der Waals surface area contributed by atoms with E-state index in [0.29, 0.717) is 22.3 Å². The standard InChI is InChI=1S/C11H15BrN2O3S2/c1-3-10(11(13)18)19(15,16)14-9-6-7(17-2)4-5-8(9)12/h4-6,10,14H,3H2,1-2H3,(H2,13,18). The Morgan fingerprint density at radius 1 is 1.58 bits per heavy atom. The van der Waals surface area contributed by atoms with E-state index in [9.17, 15) is 8.42 Å². The van der Waals surface area contributed by atoms with Gasteiger partial charge in [-0.15, -0.1) is 0 Å². The summed E-state index contributed by atoms with van der Waals surface area (Å²) in [4.78, 5) is -0.0472. The number of ether oxygens (including phenoxy) is 1. The molecule has 0 amide bonds. The van der Waals surface area contributed by atoms with Crippen LogP contribution in [0.4, 0.5) is 5.69 Å². The van der Waals surface area contributed by atoms with E-state index in [0.717, 1.165) is 0 Å². The third kappa shape index (κ3) is 4.05. The summed E-state index contributed by atoms with van der Waals surface area (Å²) in [7, 11) is -2.17. The van der Waals surface area contributed by atoms with Gasteiger partial charge in [0, 0.05) is 10.5 Å². The fraction of sp³-hybridized carbons (Fsp3) is 0.364. The van der Waals surface area contributed by atoms with Gasteiger partial charge in [-0.1, -0.05) is 19.1 Å². The summed E-state index contributed by atoms with van der Waals surface area (Å²) in [6, 6.07) is 4.99. The molecule has 0 aromatic heterocycles. The number of nitrogens with two attached hydrogens (primary N) is 1. The number of rotatable bonds is 6. The van der Waals surface area contributed by atoms with Crippen molar-refractivity contribution in [2.24, 2.45) is 5.73 Å². The lowest BCUT2D eigenvalue weighted by atomic mass is 10.3. The number of anilines is 1. The number of nitrogens with one attached hydrogen (secondary N) is 1. The highest BCUT2D eigenvalue weighted by atomic mass is 79.9. The van der Waals surface area contributed by atoms with E-state index >= 15 is 0 Å². The molecule has 0 aliphatic carbocycles. The topological polar surface area (TPSA) is 81.4 Å². The third-order valence-corrected chi connectivity index (χ3v) is 5.45. The number of benzene rings is 1. The number of methoxy groups -OCH3 is 1. The van der Waals surface area contributed by atoms with Crippen LogP contribution in [0.5, 0.6) is 5.75 Å². The first-order chi connectivity index (χ1) is 8.81. The van der Waals surface area contributed by atoms with E-state index in [2.05, 4.69) is 20.7 Å². The Morgan fingerprint density at radius 3 is 2.68 bits per heavy atom. The largest absolute Gasteiger partial charge is 0.497 e. The van der Waals surface area contributed by atoms with Crippen LogP contribution in [0.15, 0.2) is 22.7 Å². The smallest absolute Gasteiger partial charge is 0.242 e. The molecular formula is C11H15BrN2O3S2. The van der Waals surface area contributed by atoms with Gasteiger partial charge in [0.1, 0.15) is 11.0 Å². The molecule has 3 N–H and O–H groups in total. The van der Waals surface area contributed by atoms with E-state index in [4.69, 9.17) is 22.7 Å². The summed E-state index contributed by atoms with van der Waals surface area (Å²) < 4.78 is 32.5. The molecule has 0 heterocycles. The predicted molar refractivity (Wildman–Crippen MR) is 84.1 cm³/mol. The van der Waals surface area contributed by atoms with E-state index < -0.39 is 15.3 Å². The number of hydrogen-bond acceptors (Lipinski definition) is 4. The Labute approximate surface area is 126 Å². The van der Waals surface area contributed by atoms with Crippen molar-refractivity contribution in [1.82, 2.24) is 0 Å². The van der Waals surface area contributed by atoms with Crippen LogP contribution >= 0.6 is 28.1 Å². The maximum absolute atomic E-state index is 12.2. The second kappa shape index (κ2) is 6.53. The molecule has 0 fully saturated rings. The lowest BCUT2D eigenvalue weighted by Crippen LogP contribution is -2.37. The highest BCUT2D eigenvalue weighted by molar-refractivity contribution is 9.10. The second-order valence-electron chi connectivity index (χ2n) is 3.79. The summed E-state index contributed by atoms with van der Waals surface area (Å²) in [6.07, 6.45) is 0.312. The molecule has 0 saturated carbocycles. The maximum atomic E-state index is 12.2. The molecule has 0 saturated heterocycles. The van der Waals surface area contributed by atoms with E-state index in [1.807, 2.05) is 0 Å². The SMILES string of the molecule is CCC(C(N)=S)S(=O)(=O)Nc1cc(OC)ccc1Br. The van der Waals surface area contributed by atoms with Gasteiger partial charge in [0.15, 0.2) is 0 Å². The molecule has 1 atom stereocenters. The molecule has 19 heavy (non-hydrogen) atoms. The Morgan fingerprint density at radius 2 is 2.21 bits per heavy atom. The summed E-state index contributed by atoms with van der Waals surface area (Å²) in [5.74, 6) is 0.546. The first-order valence-electron chi connectivity index (χ1n) is 5.46. The van der Waals surface area contributed by atoms with Crippen LogP contribution in [-0.4, -0.2) is 25.8 Å². The molecule has 0 bridgehead atoms. The molecule has 0 aliphatic rings. The minimum Gasteiger partial charge on any atom is -0.497 e. The summed E-state index contributed by atoms with van der Waals surface area (Å²) in [6.45, 7) is 1.71. The minimum absolute atomic E-state index is 0.0472. The lowest BCUT2D eigenvalue weighted by molar-refractivity contribution is 0.415. The predicted octanol–water partition coefficient (Wildman–Crippen LogP) is 2.26. The average molecular weight is 367 g/mol. The zero-order valence-corrected chi connectivity index (χ0v) is 13.7. The normalized spacial score (nSPS) is 12.8. The Kier molecular flexibility index (Phi) is 5.57. The van der Waals surface area contributed by atoms with Crippen LogP contribution < -0.4 is 15.2 Å². The third-order valence-electron chi connectivity index (χ3n) is 2.49. The number of sulfonamides is 1.